The van der Waals surface area contributed by atoms with Gasteiger partial charge in [-0.25, -0.2) is 4.79 Å². The minimum absolute atomic E-state index is 0.0984. The van der Waals surface area contributed by atoms with Crippen molar-refractivity contribution in [1.29, 1.82) is 0 Å². The van der Waals surface area contributed by atoms with E-state index in [0.29, 0.717) is 34.2 Å². The molecule has 0 saturated carbocycles. The van der Waals surface area contributed by atoms with Gasteiger partial charge in [-0.15, -0.1) is 11.3 Å². The third-order valence-corrected chi connectivity index (χ3v) is 5.59. The van der Waals surface area contributed by atoms with E-state index in [4.69, 9.17) is 0 Å². The van der Waals surface area contributed by atoms with Crippen molar-refractivity contribution in [3.05, 3.63) is 71.6 Å². The summed E-state index contributed by atoms with van der Waals surface area (Å²) in [5, 5.41) is 8.86. The zero-order chi connectivity index (χ0) is 20.9. The lowest BCUT2D eigenvalue weighted by Gasteiger charge is -2.16. The van der Waals surface area contributed by atoms with Crippen molar-refractivity contribution in [1.82, 2.24) is 0 Å². The van der Waals surface area contributed by atoms with Gasteiger partial charge in [-0.2, -0.15) is 0 Å². The largest absolute Gasteiger partial charge is 0.324 e. The molecule has 3 N–H and O–H groups in total. The highest BCUT2D eigenvalue weighted by Gasteiger charge is 2.22. The van der Waals surface area contributed by atoms with Crippen LogP contribution in [0.25, 0.3) is 0 Å². The van der Waals surface area contributed by atoms with Gasteiger partial charge in [0.15, 0.2) is 0 Å². The minimum Gasteiger partial charge on any atom is -0.321 e. The highest BCUT2D eigenvalue weighted by atomic mass is 32.1. The van der Waals surface area contributed by atoms with Crippen LogP contribution < -0.4 is 20.9 Å². The molecule has 0 radical (unpaired) electrons. The first-order chi connectivity index (χ1) is 14.6. The van der Waals surface area contributed by atoms with Gasteiger partial charge in [0, 0.05) is 30.0 Å². The molecular formula is C22H20N4O3S. The molecule has 0 bridgehead atoms. The fraction of sp³-hybridized carbons (Fsp3) is 0.136. The highest BCUT2D eigenvalue weighted by molar-refractivity contribution is 7.18. The molecule has 30 heavy (non-hydrogen) atoms. The van der Waals surface area contributed by atoms with Crippen molar-refractivity contribution < 1.29 is 14.4 Å². The molecule has 4 amide bonds. The summed E-state index contributed by atoms with van der Waals surface area (Å²) in [5.41, 5.74) is 2.07. The Morgan fingerprint density at radius 3 is 2.43 bits per heavy atom. The summed E-state index contributed by atoms with van der Waals surface area (Å²) in [6, 6.07) is 19.3. The number of thiophene rings is 1. The molecule has 1 saturated heterocycles. The summed E-state index contributed by atoms with van der Waals surface area (Å²) in [7, 11) is 0. The van der Waals surface area contributed by atoms with Gasteiger partial charge in [-0.05, 0) is 48.9 Å². The zero-order valence-electron chi connectivity index (χ0n) is 16.1. The molecule has 8 heteroatoms. The fourth-order valence-electron chi connectivity index (χ4n) is 3.19. The summed E-state index contributed by atoms with van der Waals surface area (Å²) >= 11 is 1.18. The summed E-state index contributed by atoms with van der Waals surface area (Å²) < 4.78 is 0. The predicted octanol–water partition coefficient (Wildman–Crippen LogP) is 4.77. The quantitative estimate of drug-likeness (QED) is 0.555. The Kier molecular flexibility index (Phi) is 5.76. The lowest BCUT2D eigenvalue weighted by molar-refractivity contribution is -0.117. The van der Waals surface area contributed by atoms with Crippen LogP contribution >= 0.6 is 11.3 Å². The Hall–Kier alpha value is -3.65. The maximum atomic E-state index is 12.6. The maximum Gasteiger partial charge on any atom is 0.324 e. The van der Waals surface area contributed by atoms with Crippen LogP contribution in [0.4, 0.5) is 26.9 Å². The maximum absolute atomic E-state index is 12.6. The van der Waals surface area contributed by atoms with Crippen LogP contribution in [0.5, 0.6) is 0 Å². The van der Waals surface area contributed by atoms with Gasteiger partial charge in [0.25, 0.3) is 5.91 Å². The Balaban J connectivity index is 1.37. The SMILES string of the molecule is O=C(Nc1ccccc1)Nc1ccc(C(=O)Nc2cccc(N3CCCC3=O)c2)s1. The molecule has 4 rings (SSSR count). The lowest BCUT2D eigenvalue weighted by atomic mass is 10.2. The number of hydrogen-bond donors (Lipinski definition) is 3. The van der Waals surface area contributed by atoms with Crippen LogP contribution in [0.15, 0.2) is 66.7 Å². The predicted molar refractivity (Wildman–Crippen MR) is 119 cm³/mol. The minimum atomic E-state index is -0.377. The molecular weight excluding hydrogens is 400 g/mol. The molecule has 1 aliphatic heterocycles. The topological polar surface area (TPSA) is 90.5 Å². The first-order valence-electron chi connectivity index (χ1n) is 9.53. The van der Waals surface area contributed by atoms with Crippen molar-refractivity contribution in [3.8, 4) is 0 Å². The second-order valence-electron chi connectivity index (χ2n) is 6.76. The molecule has 1 aliphatic rings. The smallest absolute Gasteiger partial charge is 0.321 e. The third kappa shape index (κ3) is 4.66. The fourth-order valence-corrected chi connectivity index (χ4v) is 3.98. The van der Waals surface area contributed by atoms with E-state index in [1.54, 1.807) is 41.3 Å². The molecule has 3 aromatic rings. The Bertz CT molecular complexity index is 1080. The van der Waals surface area contributed by atoms with Gasteiger partial charge in [0.1, 0.15) is 0 Å². The van der Waals surface area contributed by atoms with E-state index in [2.05, 4.69) is 16.0 Å². The molecule has 0 unspecified atom stereocenters. The van der Waals surface area contributed by atoms with E-state index in [9.17, 15) is 14.4 Å². The van der Waals surface area contributed by atoms with Gasteiger partial charge in [0.2, 0.25) is 5.91 Å². The number of rotatable bonds is 5. The molecule has 0 aliphatic carbocycles. The molecule has 2 aromatic carbocycles. The average molecular weight is 420 g/mol. The number of nitrogens with zero attached hydrogens (tertiary/aromatic N) is 1. The number of urea groups is 1. The van der Waals surface area contributed by atoms with Crippen LogP contribution in [0, 0.1) is 0 Å². The molecule has 0 atom stereocenters. The van der Waals surface area contributed by atoms with Crippen LogP contribution in [0.2, 0.25) is 0 Å². The van der Waals surface area contributed by atoms with Crippen molar-refractivity contribution in [3.63, 3.8) is 0 Å². The number of benzene rings is 2. The molecule has 2 heterocycles. The van der Waals surface area contributed by atoms with E-state index in [-0.39, 0.29) is 17.8 Å². The number of amides is 4. The molecule has 7 nitrogen and oxygen atoms in total. The number of anilines is 4. The summed E-state index contributed by atoms with van der Waals surface area (Å²) in [6.07, 6.45) is 1.40. The van der Waals surface area contributed by atoms with E-state index in [0.717, 1.165) is 12.1 Å². The monoisotopic (exact) mass is 420 g/mol. The first kappa shape index (κ1) is 19.7. The normalized spacial score (nSPS) is 13.2. The van der Waals surface area contributed by atoms with Crippen LogP contribution in [0.3, 0.4) is 0 Å². The summed E-state index contributed by atoms with van der Waals surface area (Å²) in [6.45, 7) is 0.696. The van der Waals surface area contributed by atoms with Crippen LogP contribution in [0.1, 0.15) is 22.5 Å². The van der Waals surface area contributed by atoms with Crippen molar-refractivity contribution >= 4 is 51.2 Å². The summed E-state index contributed by atoms with van der Waals surface area (Å²) in [4.78, 5) is 38.8. The highest BCUT2D eigenvalue weighted by Crippen LogP contribution is 2.26. The lowest BCUT2D eigenvalue weighted by Crippen LogP contribution is -2.23. The number of para-hydroxylation sites is 1. The zero-order valence-corrected chi connectivity index (χ0v) is 16.9. The van der Waals surface area contributed by atoms with Crippen molar-refractivity contribution in [2.24, 2.45) is 0 Å². The number of hydrogen-bond acceptors (Lipinski definition) is 4. The number of carbonyl (C=O) groups is 3. The Morgan fingerprint density at radius 1 is 0.867 bits per heavy atom. The second kappa shape index (κ2) is 8.79. The standard InChI is InChI=1S/C22H20N4O3S/c27-20-10-5-13-26(20)17-9-4-8-16(14-17)23-21(28)18-11-12-19(30-18)25-22(29)24-15-6-2-1-3-7-15/h1-4,6-9,11-12,14H,5,10,13H2,(H,23,28)(H2,24,25,29). The second-order valence-corrected chi connectivity index (χ2v) is 7.85. The van der Waals surface area contributed by atoms with E-state index in [1.807, 2.05) is 30.3 Å². The van der Waals surface area contributed by atoms with Gasteiger partial charge in [0.05, 0.1) is 9.88 Å². The molecule has 1 fully saturated rings. The average Bonchev–Trinajstić information content (AvgIpc) is 3.38. The first-order valence-corrected chi connectivity index (χ1v) is 10.3. The summed E-state index contributed by atoms with van der Waals surface area (Å²) in [5.74, 6) is -0.178. The van der Waals surface area contributed by atoms with Gasteiger partial charge >= 0.3 is 6.03 Å². The Labute approximate surface area is 177 Å². The van der Waals surface area contributed by atoms with Crippen molar-refractivity contribution in [2.45, 2.75) is 12.8 Å². The van der Waals surface area contributed by atoms with E-state index >= 15 is 0 Å². The van der Waals surface area contributed by atoms with Crippen molar-refractivity contribution in [2.75, 3.05) is 27.4 Å². The van der Waals surface area contributed by atoms with Gasteiger partial charge in [-0.1, -0.05) is 24.3 Å². The van der Waals surface area contributed by atoms with Gasteiger partial charge < -0.3 is 15.5 Å². The van der Waals surface area contributed by atoms with Gasteiger partial charge in [-0.3, -0.25) is 14.9 Å². The number of carbonyl (C=O) groups excluding carboxylic acids is 3. The Morgan fingerprint density at radius 2 is 1.67 bits per heavy atom. The molecule has 152 valence electrons. The number of nitrogens with one attached hydrogen (secondary N) is 3. The van der Waals surface area contributed by atoms with Crippen LogP contribution in [-0.2, 0) is 4.79 Å². The molecule has 0 spiro atoms. The third-order valence-electron chi connectivity index (χ3n) is 4.59. The van der Waals surface area contributed by atoms with E-state index < -0.39 is 0 Å². The van der Waals surface area contributed by atoms with E-state index in [1.165, 1.54) is 11.3 Å². The van der Waals surface area contributed by atoms with Crippen LogP contribution in [-0.4, -0.2) is 24.4 Å². The molecule has 1 aromatic heterocycles.